The highest BCUT2D eigenvalue weighted by Gasteiger charge is 2.09. The van der Waals surface area contributed by atoms with E-state index in [-0.39, 0.29) is 10.6 Å². The second kappa shape index (κ2) is 9.50. The molecule has 2 aromatic carbocycles. The molecule has 0 atom stereocenters. The van der Waals surface area contributed by atoms with E-state index in [9.17, 15) is 17.2 Å². The van der Waals surface area contributed by atoms with Crippen LogP contribution in [0.5, 0.6) is 5.75 Å². The maximum atomic E-state index is 12.2. The van der Waals surface area contributed by atoms with Crippen LogP contribution in [0, 0.1) is 0 Å². The number of aliphatic imine (C=N–C) groups is 1. The second-order valence-corrected chi connectivity index (χ2v) is 8.21. The van der Waals surface area contributed by atoms with E-state index in [0.29, 0.717) is 19.0 Å². The molecule has 0 radical (unpaired) electrons. The molecular weight excluding hydrogens is 388 g/mol. The van der Waals surface area contributed by atoms with Gasteiger partial charge in [0.2, 0.25) is 0 Å². The van der Waals surface area contributed by atoms with E-state index in [4.69, 9.17) is 0 Å². The first-order chi connectivity index (χ1) is 13.2. The Balaban J connectivity index is 1.93. The first kappa shape index (κ1) is 21.6. The minimum atomic E-state index is -3.22. The fraction of sp³-hybridized carbons (Fsp3) is 0.316. The van der Waals surface area contributed by atoms with Crippen LogP contribution in [0.1, 0.15) is 11.1 Å². The van der Waals surface area contributed by atoms with Crippen molar-refractivity contribution >= 4 is 15.8 Å². The molecule has 0 heterocycles. The van der Waals surface area contributed by atoms with Crippen LogP contribution in [0.3, 0.4) is 0 Å². The van der Waals surface area contributed by atoms with E-state index in [1.807, 2.05) is 11.9 Å². The monoisotopic (exact) mass is 411 g/mol. The lowest BCUT2D eigenvalue weighted by Crippen LogP contribution is -2.38. The smallest absolute Gasteiger partial charge is 0.387 e. The van der Waals surface area contributed by atoms with Crippen LogP contribution in [0.2, 0.25) is 0 Å². The van der Waals surface area contributed by atoms with Gasteiger partial charge in [0, 0.05) is 33.4 Å². The van der Waals surface area contributed by atoms with Crippen molar-refractivity contribution in [3.63, 3.8) is 0 Å². The van der Waals surface area contributed by atoms with E-state index in [1.165, 1.54) is 18.4 Å². The van der Waals surface area contributed by atoms with Gasteiger partial charge in [-0.25, -0.2) is 8.42 Å². The summed E-state index contributed by atoms with van der Waals surface area (Å²) in [4.78, 5) is 6.38. The van der Waals surface area contributed by atoms with Gasteiger partial charge in [0.05, 0.1) is 4.90 Å². The van der Waals surface area contributed by atoms with Crippen molar-refractivity contribution in [1.82, 2.24) is 10.2 Å². The number of guanidine groups is 1. The second-order valence-electron chi connectivity index (χ2n) is 6.20. The molecular formula is C19H23F2N3O3S. The highest BCUT2D eigenvalue weighted by Crippen LogP contribution is 2.16. The molecule has 0 fully saturated rings. The zero-order chi connectivity index (χ0) is 20.7. The minimum Gasteiger partial charge on any atom is -0.435 e. The van der Waals surface area contributed by atoms with Gasteiger partial charge in [-0.1, -0.05) is 24.3 Å². The van der Waals surface area contributed by atoms with Crippen LogP contribution in [-0.2, 0) is 22.9 Å². The third-order valence-corrected chi connectivity index (χ3v) is 5.07. The molecule has 9 heteroatoms. The van der Waals surface area contributed by atoms with Gasteiger partial charge in [-0.3, -0.25) is 4.99 Å². The van der Waals surface area contributed by atoms with Crippen molar-refractivity contribution in [1.29, 1.82) is 0 Å². The number of halogens is 2. The van der Waals surface area contributed by atoms with Gasteiger partial charge in [-0.2, -0.15) is 8.78 Å². The Labute approximate surface area is 163 Å². The van der Waals surface area contributed by atoms with Gasteiger partial charge in [-0.15, -0.1) is 0 Å². The third-order valence-electron chi connectivity index (χ3n) is 3.94. The molecule has 0 unspecified atom stereocenters. The summed E-state index contributed by atoms with van der Waals surface area (Å²) in [6.45, 7) is -1.85. The first-order valence-electron chi connectivity index (χ1n) is 8.43. The number of benzene rings is 2. The summed E-state index contributed by atoms with van der Waals surface area (Å²) in [6, 6.07) is 13.1. The fourth-order valence-electron chi connectivity index (χ4n) is 2.55. The molecule has 0 amide bonds. The quantitative estimate of drug-likeness (QED) is 0.560. The predicted octanol–water partition coefficient (Wildman–Crippen LogP) is 2.90. The maximum absolute atomic E-state index is 12.2. The summed E-state index contributed by atoms with van der Waals surface area (Å²) < 4.78 is 51.8. The van der Waals surface area contributed by atoms with Crippen molar-refractivity contribution in [2.24, 2.45) is 4.99 Å². The van der Waals surface area contributed by atoms with E-state index in [0.717, 1.165) is 11.1 Å². The average Bonchev–Trinajstić information content (AvgIpc) is 2.63. The number of hydrogen-bond donors (Lipinski definition) is 1. The van der Waals surface area contributed by atoms with Crippen LogP contribution >= 0.6 is 0 Å². The number of rotatable bonds is 7. The van der Waals surface area contributed by atoms with Gasteiger partial charge >= 0.3 is 6.61 Å². The van der Waals surface area contributed by atoms with Gasteiger partial charge in [-0.05, 0) is 35.4 Å². The summed E-state index contributed by atoms with van der Waals surface area (Å²) in [5, 5.41) is 3.20. The number of nitrogens with zero attached hydrogens (tertiary/aromatic N) is 2. The van der Waals surface area contributed by atoms with Crippen LogP contribution < -0.4 is 10.1 Å². The van der Waals surface area contributed by atoms with Crippen molar-refractivity contribution in [2.45, 2.75) is 24.6 Å². The average molecular weight is 411 g/mol. The molecule has 0 aliphatic rings. The van der Waals surface area contributed by atoms with E-state index >= 15 is 0 Å². The highest BCUT2D eigenvalue weighted by atomic mass is 32.2. The van der Waals surface area contributed by atoms with Crippen molar-refractivity contribution in [3.05, 3.63) is 59.7 Å². The molecule has 152 valence electrons. The fourth-order valence-corrected chi connectivity index (χ4v) is 3.18. The van der Waals surface area contributed by atoms with Gasteiger partial charge < -0.3 is 15.0 Å². The van der Waals surface area contributed by atoms with Gasteiger partial charge in [0.25, 0.3) is 0 Å². The molecule has 0 aliphatic heterocycles. The Kier molecular flexibility index (Phi) is 7.33. The van der Waals surface area contributed by atoms with Crippen LogP contribution in [0.15, 0.2) is 58.4 Å². The lowest BCUT2D eigenvalue weighted by atomic mass is 10.2. The SMILES string of the molecule is CN=C(NCc1ccc(S(C)(=O)=O)cc1)N(C)Cc1ccc(OC(F)F)cc1. The van der Waals surface area contributed by atoms with Crippen LogP contribution in [0.25, 0.3) is 0 Å². The molecule has 0 saturated heterocycles. The largest absolute Gasteiger partial charge is 0.435 e. The summed E-state index contributed by atoms with van der Waals surface area (Å²) in [6.07, 6.45) is 1.17. The van der Waals surface area contributed by atoms with E-state index < -0.39 is 16.4 Å². The maximum Gasteiger partial charge on any atom is 0.387 e. The number of nitrogens with one attached hydrogen (secondary N) is 1. The summed E-state index contributed by atoms with van der Waals surface area (Å²) in [5.74, 6) is 0.751. The molecule has 0 aliphatic carbocycles. The number of ether oxygens (including phenoxy) is 1. The minimum absolute atomic E-state index is 0.112. The Morgan fingerprint density at radius 1 is 1.11 bits per heavy atom. The molecule has 2 rings (SSSR count). The molecule has 0 spiro atoms. The zero-order valence-electron chi connectivity index (χ0n) is 15.9. The lowest BCUT2D eigenvalue weighted by molar-refractivity contribution is -0.0498. The van der Waals surface area contributed by atoms with E-state index in [1.54, 1.807) is 43.4 Å². The molecule has 0 aromatic heterocycles. The number of hydrogen-bond acceptors (Lipinski definition) is 4. The molecule has 0 saturated carbocycles. The Hall–Kier alpha value is -2.68. The van der Waals surface area contributed by atoms with Gasteiger partial charge in [0.15, 0.2) is 15.8 Å². The molecule has 1 N–H and O–H groups in total. The standard InChI is InChI=1S/C19H23F2N3O3S/c1-22-19(23-12-14-6-10-17(11-7-14)28(3,25)26)24(2)13-15-4-8-16(9-5-15)27-18(20)21/h4-11,18H,12-13H2,1-3H3,(H,22,23). The van der Waals surface area contributed by atoms with Crippen LogP contribution in [-0.4, -0.2) is 46.2 Å². The van der Waals surface area contributed by atoms with Crippen molar-refractivity contribution < 1.29 is 21.9 Å². The first-order valence-corrected chi connectivity index (χ1v) is 10.3. The predicted molar refractivity (Wildman–Crippen MR) is 104 cm³/mol. The molecule has 28 heavy (non-hydrogen) atoms. The highest BCUT2D eigenvalue weighted by molar-refractivity contribution is 7.90. The summed E-state index contributed by atoms with van der Waals surface area (Å²) >= 11 is 0. The summed E-state index contributed by atoms with van der Waals surface area (Å²) in [7, 11) is 0.294. The zero-order valence-corrected chi connectivity index (χ0v) is 16.7. The topological polar surface area (TPSA) is 71.0 Å². The van der Waals surface area contributed by atoms with E-state index in [2.05, 4.69) is 15.0 Å². The van der Waals surface area contributed by atoms with Crippen molar-refractivity contribution in [3.8, 4) is 5.75 Å². The van der Waals surface area contributed by atoms with Crippen LogP contribution in [0.4, 0.5) is 8.78 Å². The number of alkyl halides is 2. The summed E-state index contributed by atoms with van der Waals surface area (Å²) in [5.41, 5.74) is 1.82. The van der Waals surface area contributed by atoms with Crippen molar-refractivity contribution in [2.75, 3.05) is 20.4 Å². The normalized spacial score (nSPS) is 12.1. The Morgan fingerprint density at radius 3 is 2.18 bits per heavy atom. The third kappa shape index (κ3) is 6.49. The lowest BCUT2D eigenvalue weighted by Gasteiger charge is -2.22. The van der Waals surface area contributed by atoms with Gasteiger partial charge in [0.1, 0.15) is 5.75 Å². The Bertz CT molecular complexity index is 899. The Morgan fingerprint density at radius 2 is 1.68 bits per heavy atom. The number of sulfone groups is 1. The molecule has 0 bridgehead atoms. The molecule has 6 nitrogen and oxygen atoms in total. The molecule has 2 aromatic rings.